The largest absolute Gasteiger partial charge is 0.452 e. The van der Waals surface area contributed by atoms with Crippen LogP contribution < -0.4 is 4.90 Å². The van der Waals surface area contributed by atoms with Gasteiger partial charge in [0, 0.05) is 16.7 Å². The van der Waals surface area contributed by atoms with Gasteiger partial charge in [-0.25, -0.2) is 4.79 Å². The van der Waals surface area contributed by atoms with Gasteiger partial charge in [0.25, 0.3) is 5.91 Å². The number of rotatable bonds is 3. The minimum atomic E-state index is -0.610. The molecule has 0 unspecified atom stereocenters. The number of hydrogen-bond donors (Lipinski definition) is 0. The Balaban J connectivity index is 1.70. The van der Waals surface area contributed by atoms with Crippen LogP contribution in [0, 0.1) is 11.3 Å². The number of carbonyl (C=O) groups excluding carboxylic acids is 2. The molecule has 0 radical (unpaired) electrons. The van der Waals surface area contributed by atoms with Gasteiger partial charge in [0.15, 0.2) is 6.61 Å². The number of carbonyl (C=O) groups is 2. The van der Waals surface area contributed by atoms with E-state index in [0.717, 1.165) is 17.0 Å². The molecule has 1 aliphatic rings. The highest BCUT2D eigenvalue weighted by Crippen LogP contribution is 2.37. The Morgan fingerprint density at radius 3 is 2.88 bits per heavy atom. The van der Waals surface area contributed by atoms with Gasteiger partial charge in [0.05, 0.1) is 22.9 Å². The van der Waals surface area contributed by atoms with Crippen molar-refractivity contribution in [3.63, 3.8) is 0 Å². The van der Waals surface area contributed by atoms with Crippen molar-refractivity contribution >= 4 is 29.3 Å². The van der Waals surface area contributed by atoms with Gasteiger partial charge in [0.1, 0.15) is 0 Å². The van der Waals surface area contributed by atoms with Gasteiger partial charge in [-0.1, -0.05) is 25.1 Å². The van der Waals surface area contributed by atoms with Gasteiger partial charge in [-0.3, -0.25) is 4.79 Å². The molecule has 0 spiro atoms. The summed E-state index contributed by atoms with van der Waals surface area (Å²) >= 11 is 1.75. The Labute approximate surface area is 156 Å². The standard InChI is InChI=1S/C20H18N2O3S/c1-14-9-10-22(17-7-2-3-8-18(17)26-14)19(23)13-25-20(24)16-6-4-5-15(11-16)12-21/h2-8,11,14H,9-10,13H2,1H3/t14-/m0/s1. The Bertz CT molecular complexity index is 875. The summed E-state index contributed by atoms with van der Waals surface area (Å²) in [6.45, 7) is 2.39. The first-order chi connectivity index (χ1) is 12.6. The fourth-order valence-electron chi connectivity index (χ4n) is 2.75. The average Bonchev–Trinajstić information content (AvgIpc) is 2.84. The third-order valence-corrected chi connectivity index (χ3v) is 5.34. The summed E-state index contributed by atoms with van der Waals surface area (Å²) in [7, 11) is 0. The van der Waals surface area contributed by atoms with Gasteiger partial charge >= 0.3 is 5.97 Å². The Morgan fingerprint density at radius 1 is 1.27 bits per heavy atom. The maximum absolute atomic E-state index is 12.7. The molecule has 0 saturated carbocycles. The van der Waals surface area contributed by atoms with Crippen LogP contribution in [0.15, 0.2) is 53.4 Å². The van der Waals surface area contributed by atoms with E-state index >= 15 is 0 Å². The van der Waals surface area contributed by atoms with E-state index in [9.17, 15) is 9.59 Å². The number of anilines is 1. The van der Waals surface area contributed by atoms with Crippen LogP contribution in [0.1, 0.15) is 29.3 Å². The molecule has 0 fully saturated rings. The van der Waals surface area contributed by atoms with Gasteiger partial charge in [0.2, 0.25) is 0 Å². The molecule has 26 heavy (non-hydrogen) atoms. The Kier molecular flexibility index (Phi) is 5.59. The maximum Gasteiger partial charge on any atom is 0.338 e. The van der Waals surface area contributed by atoms with Gasteiger partial charge < -0.3 is 9.64 Å². The smallest absolute Gasteiger partial charge is 0.338 e. The van der Waals surface area contributed by atoms with E-state index in [2.05, 4.69) is 6.92 Å². The summed E-state index contributed by atoms with van der Waals surface area (Å²) in [5.41, 5.74) is 1.49. The molecule has 1 amide bonds. The second-order valence-electron chi connectivity index (χ2n) is 6.00. The molecule has 0 bridgehead atoms. The third kappa shape index (κ3) is 4.06. The Morgan fingerprint density at radius 2 is 2.08 bits per heavy atom. The van der Waals surface area contributed by atoms with Crippen LogP contribution >= 0.6 is 11.8 Å². The predicted octanol–water partition coefficient (Wildman–Crippen LogP) is 3.63. The fraction of sp³-hybridized carbons (Fsp3) is 0.250. The lowest BCUT2D eigenvalue weighted by Crippen LogP contribution is -2.35. The molecular formula is C20H18N2O3S. The molecule has 1 aliphatic heterocycles. The summed E-state index contributed by atoms with van der Waals surface area (Å²) in [6.07, 6.45) is 0.864. The maximum atomic E-state index is 12.7. The number of benzene rings is 2. The van der Waals surface area contributed by atoms with E-state index in [-0.39, 0.29) is 18.1 Å². The molecule has 1 heterocycles. The molecule has 1 atom stereocenters. The zero-order valence-electron chi connectivity index (χ0n) is 14.3. The molecule has 0 aromatic heterocycles. The van der Waals surface area contributed by atoms with Crippen molar-refractivity contribution in [1.29, 1.82) is 5.26 Å². The minimum Gasteiger partial charge on any atom is -0.452 e. The van der Waals surface area contributed by atoms with Gasteiger partial charge in [-0.05, 0) is 36.8 Å². The summed E-state index contributed by atoms with van der Waals surface area (Å²) < 4.78 is 5.18. The van der Waals surface area contributed by atoms with Crippen molar-refractivity contribution in [2.75, 3.05) is 18.1 Å². The van der Waals surface area contributed by atoms with Crippen molar-refractivity contribution in [3.8, 4) is 6.07 Å². The molecule has 5 nitrogen and oxygen atoms in total. The highest BCUT2D eigenvalue weighted by atomic mass is 32.2. The molecule has 3 rings (SSSR count). The van der Waals surface area contributed by atoms with Crippen LogP contribution in [-0.2, 0) is 9.53 Å². The second kappa shape index (κ2) is 8.07. The summed E-state index contributed by atoms with van der Waals surface area (Å²) in [4.78, 5) is 27.6. The number of nitrogens with zero attached hydrogens (tertiary/aromatic N) is 2. The van der Waals surface area contributed by atoms with Crippen LogP contribution in [0.5, 0.6) is 0 Å². The first-order valence-electron chi connectivity index (χ1n) is 8.32. The minimum absolute atomic E-state index is 0.253. The summed E-state index contributed by atoms with van der Waals surface area (Å²) in [6, 6.07) is 16.0. The topological polar surface area (TPSA) is 70.4 Å². The summed E-state index contributed by atoms with van der Waals surface area (Å²) in [5.74, 6) is -0.863. The summed E-state index contributed by atoms with van der Waals surface area (Å²) in [5, 5.41) is 9.32. The number of ether oxygens (including phenoxy) is 1. The molecule has 0 saturated heterocycles. The number of amides is 1. The molecule has 2 aromatic rings. The van der Waals surface area contributed by atoms with E-state index in [1.54, 1.807) is 34.9 Å². The van der Waals surface area contributed by atoms with E-state index < -0.39 is 5.97 Å². The second-order valence-corrected chi connectivity index (χ2v) is 7.48. The van der Waals surface area contributed by atoms with Crippen LogP contribution in [-0.4, -0.2) is 30.3 Å². The number of para-hydroxylation sites is 1. The first kappa shape index (κ1) is 18.0. The van der Waals surface area contributed by atoms with E-state index in [1.807, 2.05) is 30.3 Å². The van der Waals surface area contributed by atoms with Crippen molar-refractivity contribution in [3.05, 3.63) is 59.7 Å². The number of esters is 1. The molecule has 0 aliphatic carbocycles. The van der Waals surface area contributed by atoms with E-state index in [0.29, 0.717) is 17.4 Å². The normalized spacial score (nSPS) is 16.2. The Hall–Kier alpha value is -2.78. The molecular weight excluding hydrogens is 348 g/mol. The van der Waals surface area contributed by atoms with Crippen molar-refractivity contribution in [2.45, 2.75) is 23.5 Å². The van der Waals surface area contributed by atoms with Gasteiger partial charge in [-0.15, -0.1) is 11.8 Å². The average molecular weight is 366 g/mol. The molecule has 2 aromatic carbocycles. The fourth-order valence-corrected chi connectivity index (χ4v) is 3.86. The van der Waals surface area contributed by atoms with Crippen molar-refractivity contribution in [1.82, 2.24) is 0 Å². The zero-order valence-corrected chi connectivity index (χ0v) is 15.2. The van der Waals surface area contributed by atoms with Crippen LogP contribution in [0.4, 0.5) is 5.69 Å². The third-order valence-electron chi connectivity index (χ3n) is 4.10. The monoisotopic (exact) mass is 366 g/mol. The highest BCUT2D eigenvalue weighted by Gasteiger charge is 2.25. The zero-order chi connectivity index (χ0) is 18.5. The van der Waals surface area contributed by atoms with Gasteiger partial charge in [-0.2, -0.15) is 5.26 Å². The van der Waals surface area contributed by atoms with E-state index in [1.165, 1.54) is 6.07 Å². The van der Waals surface area contributed by atoms with Crippen molar-refractivity contribution < 1.29 is 14.3 Å². The predicted molar refractivity (Wildman–Crippen MR) is 100 cm³/mol. The molecule has 0 N–H and O–H groups in total. The lowest BCUT2D eigenvalue weighted by atomic mass is 10.1. The molecule has 6 heteroatoms. The van der Waals surface area contributed by atoms with Crippen LogP contribution in [0.25, 0.3) is 0 Å². The van der Waals surface area contributed by atoms with Crippen LogP contribution in [0.3, 0.4) is 0 Å². The highest BCUT2D eigenvalue weighted by molar-refractivity contribution is 8.00. The lowest BCUT2D eigenvalue weighted by molar-refractivity contribution is -0.121. The first-order valence-corrected chi connectivity index (χ1v) is 9.20. The number of fused-ring (bicyclic) bond motifs is 1. The number of thioether (sulfide) groups is 1. The lowest BCUT2D eigenvalue weighted by Gasteiger charge is -2.22. The van der Waals surface area contributed by atoms with E-state index in [4.69, 9.17) is 10.00 Å². The quantitative estimate of drug-likeness (QED) is 0.776. The van der Waals surface area contributed by atoms with Crippen molar-refractivity contribution in [2.24, 2.45) is 0 Å². The SMILES string of the molecule is C[C@H]1CCN(C(=O)COC(=O)c2cccc(C#N)c2)c2ccccc2S1. The number of nitriles is 1. The van der Waals surface area contributed by atoms with Crippen LogP contribution in [0.2, 0.25) is 0 Å². The number of hydrogen-bond acceptors (Lipinski definition) is 5. The molecule has 132 valence electrons.